The van der Waals surface area contributed by atoms with Gasteiger partial charge in [0.1, 0.15) is 0 Å². The number of nitrogens with zero attached hydrogens (tertiary/aromatic N) is 1. The predicted octanol–water partition coefficient (Wildman–Crippen LogP) is 2.73. The van der Waals surface area contributed by atoms with Crippen LogP contribution in [-0.2, 0) is 0 Å². The van der Waals surface area contributed by atoms with Crippen molar-refractivity contribution in [3.8, 4) is 0 Å². The Bertz CT molecular complexity index is 297. The van der Waals surface area contributed by atoms with Gasteiger partial charge in [-0.05, 0) is 44.9 Å². The Hall–Kier alpha value is -0.150. The van der Waals surface area contributed by atoms with E-state index in [0.29, 0.717) is 17.5 Å². The minimum absolute atomic E-state index is 0.169. The molecule has 2 saturated carbocycles. The van der Waals surface area contributed by atoms with Crippen LogP contribution in [0.15, 0.2) is 0 Å². The number of hydrogen-bond acceptors (Lipinski definition) is 2. The molecule has 2 aliphatic carbocycles. The number of nitrogens with one attached hydrogen (secondary N) is 1. The number of alkyl halides is 1. The summed E-state index contributed by atoms with van der Waals surface area (Å²) in [6.45, 7) is 5.45. The second-order valence-electron chi connectivity index (χ2n) is 6.94. The Kier molecular flexibility index (Phi) is 3.39. The van der Waals surface area contributed by atoms with Crippen LogP contribution in [0.4, 0.5) is 4.39 Å². The quantitative estimate of drug-likeness (QED) is 0.830. The van der Waals surface area contributed by atoms with Gasteiger partial charge >= 0.3 is 0 Å². The van der Waals surface area contributed by atoms with E-state index in [9.17, 15) is 4.39 Å². The molecule has 18 heavy (non-hydrogen) atoms. The molecule has 1 N–H and O–H groups in total. The van der Waals surface area contributed by atoms with E-state index in [1.165, 1.54) is 38.5 Å². The normalized spacial score (nSPS) is 36.3. The lowest BCUT2D eigenvalue weighted by atomic mass is 9.83. The first kappa shape index (κ1) is 12.9. The smallest absolute Gasteiger partial charge is 0.0906 e. The highest BCUT2D eigenvalue weighted by Crippen LogP contribution is 2.46. The van der Waals surface area contributed by atoms with Crippen molar-refractivity contribution in [3.05, 3.63) is 0 Å². The van der Waals surface area contributed by atoms with Crippen molar-refractivity contribution in [2.45, 2.75) is 62.9 Å². The zero-order valence-corrected chi connectivity index (χ0v) is 11.7. The van der Waals surface area contributed by atoms with Crippen molar-refractivity contribution in [3.63, 3.8) is 0 Å². The van der Waals surface area contributed by atoms with Gasteiger partial charge in [0, 0.05) is 30.7 Å². The lowest BCUT2D eigenvalue weighted by Crippen LogP contribution is -2.69. The van der Waals surface area contributed by atoms with Gasteiger partial charge in [-0.3, -0.25) is 9.29 Å². The third-order valence-corrected chi connectivity index (χ3v) is 5.62. The summed E-state index contributed by atoms with van der Waals surface area (Å²) >= 11 is 0. The molecule has 0 aromatic heterocycles. The first-order valence-electron chi connectivity index (χ1n) is 7.75. The van der Waals surface area contributed by atoms with Crippen LogP contribution in [0.3, 0.4) is 0 Å². The molecule has 3 fully saturated rings. The maximum atomic E-state index is 12.5. The Morgan fingerprint density at radius 1 is 1.28 bits per heavy atom. The molecule has 1 aliphatic heterocycles. The van der Waals surface area contributed by atoms with Crippen molar-refractivity contribution < 1.29 is 4.39 Å². The van der Waals surface area contributed by atoms with Crippen molar-refractivity contribution >= 4 is 0 Å². The average molecular weight is 254 g/mol. The van der Waals surface area contributed by atoms with Crippen LogP contribution in [0.1, 0.15) is 51.9 Å². The fourth-order valence-corrected chi connectivity index (χ4v) is 4.16. The van der Waals surface area contributed by atoms with E-state index in [0.717, 1.165) is 25.6 Å². The molecule has 1 spiro atoms. The van der Waals surface area contributed by atoms with Crippen molar-refractivity contribution in [2.24, 2.45) is 5.92 Å². The summed E-state index contributed by atoms with van der Waals surface area (Å²) in [5.41, 5.74) is 0.660. The van der Waals surface area contributed by atoms with E-state index < -0.39 is 0 Å². The molecule has 0 aromatic rings. The van der Waals surface area contributed by atoms with E-state index in [2.05, 4.69) is 17.1 Å². The Morgan fingerprint density at radius 3 is 2.61 bits per heavy atom. The van der Waals surface area contributed by atoms with Crippen LogP contribution in [0.2, 0.25) is 0 Å². The van der Waals surface area contributed by atoms with Gasteiger partial charge in [0.15, 0.2) is 0 Å². The van der Waals surface area contributed by atoms with Gasteiger partial charge in [-0.15, -0.1) is 0 Å². The summed E-state index contributed by atoms with van der Waals surface area (Å²) in [6.07, 6.45) is 8.82. The first-order chi connectivity index (χ1) is 8.69. The standard InChI is InChI=1S/C15H27FN2/c1-14(13-5-6-13)11-17-15(7-2-3-8-15)12-18(14)10-4-9-16/h13,17H,2-12H2,1H3. The molecular weight excluding hydrogens is 227 g/mol. The summed E-state index contributed by atoms with van der Waals surface area (Å²) < 4.78 is 12.5. The molecule has 2 nitrogen and oxygen atoms in total. The molecule has 3 aliphatic rings. The predicted molar refractivity (Wildman–Crippen MR) is 72.5 cm³/mol. The molecular formula is C15H27FN2. The van der Waals surface area contributed by atoms with Crippen LogP contribution in [0, 0.1) is 5.92 Å². The molecule has 1 saturated heterocycles. The van der Waals surface area contributed by atoms with Crippen LogP contribution in [0.25, 0.3) is 0 Å². The van der Waals surface area contributed by atoms with E-state index in [4.69, 9.17) is 0 Å². The first-order valence-corrected chi connectivity index (χ1v) is 7.75. The van der Waals surface area contributed by atoms with E-state index >= 15 is 0 Å². The summed E-state index contributed by atoms with van der Waals surface area (Å²) in [4.78, 5) is 2.63. The lowest BCUT2D eigenvalue weighted by molar-refractivity contribution is 0.000925. The van der Waals surface area contributed by atoms with Crippen LogP contribution in [-0.4, -0.2) is 42.3 Å². The highest BCUT2D eigenvalue weighted by molar-refractivity contribution is 5.10. The third kappa shape index (κ3) is 2.20. The van der Waals surface area contributed by atoms with Crippen molar-refractivity contribution in [1.29, 1.82) is 0 Å². The van der Waals surface area contributed by atoms with Crippen LogP contribution in [0.5, 0.6) is 0 Å². The molecule has 0 radical (unpaired) electrons. The third-order valence-electron chi connectivity index (χ3n) is 5.62. The van der Waals surface area contributed by atoms with E-state index in [-0.39, 0.29) is 6.67 Å². The maximum Gasteiger partial charge on any atom is 0.0906 e. The number of piperazine rings is 1. The van der Waals surface area contributed by atoms with E-state index in [1.807, 2.05) is 0 Å². The second-order valence-corrected chi connectivity index (χ2v) is 6.94. The molecule has 0 aromatic carbocycles. The Balaban J connectivity index is 1.72. The van der Waals surface area contributed by atoms with Gasteiger partial charge in [0.05, 0.1) is 6.67 Å². The number of halogens is 1. The average Bonchev–Trinajstić information content (AvgIpc) is 3.14. The highest BCUT2D eigenvalue weighted by atomic mass is 19.1. The maximum absolute atomic E-state index is 12.5. The summed E-state index contributed by atoms with van der Waals surface area (Å²) in [6, 6.07) is 0. The van der Waals surface area contributed by atoms with Gasteiger partial charge in [-0.25, -0.2) is 0 Å². The molecule has 0 bridgehead atoms. The molecule has 3 heteroatoms. The second kappa shape index (κ2) is 4.75. The van der Waals surface area contributed by atoms with Crippen molar-refractivity contribution in [1.82, 2.24) is 10.2 Å². The Labute approximate surface area is 110 Å². The zero-order valence-electron chi connectivity index (χ0n) is 11.7. The molecule has 1 heterocycles. The fourth-order valence-electron chi connectivity index (χ4n) is 4.16. The lowest BCUT2D eigenvalue weighted by Gasteiger charge is -2.53. The van der Waals surface area contributed by atoms with Crippen LogP contribution >= 0.6 is 0 Å². The largest absolute Gasteiger partial charge is 0.308 e. The molecule has 3 rings (SSSR count). The minimum Gasteiger partial charge on any atom is -0.308 e. The summed E-state index contributed by atoms with van der Waals surface area (Å²) in [5, 5.41) is 3.88. The zero-order chi connectivity index (χ0) is 12.6. The van der Waals surface area contributed by atoms with Crippen LogP contribution < -0.4 is 5.32 Å². The number of rotatable bonds is 4. The molecule has 104 valence electrons. The van der Waals surface area contributed by atoms with Gasteiger partial charge < -0.3 is 5.32 Å². The summed E-state index contributed by atoms with van der Waals surface area (Å²) in [7, 11) is 0. The topological polar surface area (TPSA) is 15.3 Å². The van der Waals surface area contributed by atoms with Crippen molar-refractivity contribution in [2.75, 3.05) is 26.3 Å². The van der Waals surface area contributed by atoms with E-state index in [1.54, 1.807) is 0 Å². The molecule has 1 unspecified atom stereocenters. The Morgan fingerprint density at radius 2 is 2.00 bits per heavy atom. The SMILES string of the molecule is CC1(C2CC2)CNC2(CCCC2)CN1CCCF. The highest BCUT2D eigenvalue weighted by Gasteiger charge is 2.51. The molecule has 0 amide bonds. The van der Waals surface area contributed by atoms with Gasteiger partial charge in [-0.2, -0.15) is 0 Å². The molecule has 1 atom stereocenters. The fraction of sp³-hybridized carbons (Fsp3) is 1.00. The van der Waals surface area contributed by atoms with Gasteiger partial charge in [0.2, 0.25) is 0 Å². The van der Waals surface area contributed by atoms with Gasteiger partial charge in [0.25, 0.3) is 0 Å². The summed E-state index contributed by atoms with van der Waals surface area (Å²) in [5.74, 6) is 0.850. The monoisotopic (exact) mass is 254 g/mol. The van der Waals surface area contributed by atoms with Gasteiger partial charge in [-0.1, -0.05) is 12.8 Å². The number of hydrogen-bond donors (Lipinski definition) is 1. The minimum atomic E-state index is -0.169.